The van der Waals surface area contributed by atoms with Gasteiger partial charge in [-0.1, -0.05) is 24.3 Å². The van der Waals surface area contributed by atoms with E-state index in [0.29, 0.717) is 12.5 Å². The van der Waals surface area contributed by atoms with E-state index in [1.807, 2.05) is 25.1 Å². The quantitative estimate of drug-likeness (QED) is 0.654. The predicted octanol–water partition coefficient (Wildman–Crippen LogP) is 2.66. The Morgan fingerprint density at radius 2 is 1.93 bits per heavy atom. The third-order valence-electron chi connectivity index (χ3n) is 5.34. The molecule has 0 radical (unpaired) electrons. The van der Waals surface area contributed by atoms with Crippen LogP contribution in [0.15, 0.2) is 59.4 Å². The predicted molar refractivity (Wildman–Crippen MR) is 118 cm³/mol. The lowest BCUT2D eigenvalue weighted by Gasteiger charge is -2.22. The number of carbonyl (C=O) groups is 1. The molecular formula is C23H28N4O3. The van der Waals surface area contributed by atoms with Crippen LogP contribution in [0.25, 0.3) is 5.65 Å². The summed E-state index contributed by atoms with van der Waals surface area (Å²) in [6, 6.07) is 18.1. The van der Waals surface area contributed by atoms with Gasteiger partial charge < -0.3 is 14.9 Å². The van der Waals surface area contributed by atoms with Crippen molar-refractivity contribution in [1.82, 2.24) is 14.3 Å². The number of pyridine rings is 1. The maximum Gasteiger partial charge on any atom is 0.290 e. The number of hydrogen-bond donors (Lipinski definition) is 1. The maximum atomic E-state index is 12.4. The molecule has 30 heavy (non-hydrogen) atoms. The van der Waals surface area contributed by atoms with Gasteiger partial charge in [0, 0.05) is 43.6 Å². The first-order valence-electron chi connectivity index (χ1n) is 10.1. The molecule has 1 unspecified atom stereocenters. The molecule has 0 spiro atoms. The standard InChI is InChI=1S/C22H26N4O.CH2O2/c1-17-7-6-10-21-23-19(13-22(27)26(17)21)16-24(2)14-18-11-12-25(15-18)20-8-4-3-5-9-20;2-1-3/h3-10,13,18H,11-12,14-16H2,1-2H3;1H,(H,2,3). The molecule has 2 aromatic heterocycles. The van der Waals surface area contributed by atoms with Gasteiger partial charge in [-0.05, 0) is 50.6 Å². The van der Waals surface area contributed by atoms with Crippen LogP contribution in [0, 0.1) is 12.8 Å². The van der Waals surface area contributed by atoms with Gasteiger partial charge in [0.05, 0.1) is 5.69 Å². The van der Waals surface area contributed by atoms with E-state index in [1.54, 1.807) is 10.5 Å². The third kappa shape index (κ3) is 5.24. The fraction of sp³-hybridized carbons (Fsp3) is 0.348. The minimum absolute atomic E-state index is 0.00220. The van der Waals surface area contributed by atoms with Crippen LogP contribution < -0.4 is 10.5 Å². The van der Waals surface area contributed by atoms with Crippen LogP contribution in [0.3, 0.4) is 0 Å². The first-order valence-corrected chi connectivity index (χ1v) is 10.1. The molecule has 7 nitrogen and oxygen atoms in total. The van der Waals surface area contributed by atoms with Gasteiger partial charge in [0.2, 0.25) is 0 Å². The second-order valence-electron chi connectivity index (χ2n) is 7.68. The Labute approximate surface area is 176 Å². The van der Waals surface area contributed by atoms with Gasteiger partial charge in [-0.25, -0.2) is 4.98 Å². The van der Waals surface area contributed by atoms with Crippen molar-refractivity contribution >= 4 is 17.8 Å². The molecule has 0 amide bonds. The first-order chi connectivity index (χ1) is 14.5. The van der Waals surface area contributed by atoms with E-state index in [-0.39, 0.29) is 12.0 Å². The lowest BCUT2D eigenvalue weighted by molar-refractivity contribution is -0.122. The Balaban J connectivity index is 0.000000806. The van der Waals surface area contributed by atoms with Crippen molar-refractivity contribution in [3.8, 4) is 0 Å². The van der Waals surface area contributed by atoms with Crippen molar-refractivity contribution in [2.75, 3.05) is 31.6 Å². The summed E-state index contributed by atoms with van der Waals surface area (Å²) in [7, 11) is 2.12. The van der Waals surface area contributed by atoms with Gasteiger partial charge >= 0.3 is 0 Å². The zero-order chi connectivity index (χ0) is 21.5. The van der Waals surface area contributed by atoms with E-state index >= 15 is 0 Å². The Morgan fingerprint density at radius 3 is 2.67 bits per heavy atom. The summed E-state index contributed by atoms with van der Waals surface area (Å²) in [5.74, 6) is 0.638. The highest BCUT2D eigenvalue weighted by Crippen LogP contribution is 2.24. The number of para-hydroxylation sites is 1. The van der Waals surface area contributed by atoms with Gasteiger partial charge in [-0.3, -0.25) is 14.0 Å². The van der Waals surface area contributed by atoms with E-state index in [0.717, 1.165) is 36.7 Å². The summed E-state index contributed by atoms with van der Waals surface area (Å²) in [4.78, 5) is 30.2. The Kier molecular flexibility index (Phi) is 7.19. The molecule has 1 N–H and O–H groups in total. The normalized spacial score (nSPS) is 15.8. The smallest absolute Gasteiger partial charge is 0.290 e. The van der Waals surface area contributed by atoms with Crippen molar-refractivity contribution < 1.29 is 9.90 Å². The lowest BCUT2D eigenvalue weighted by Crippen LogP contribution is -2.29. The lowest BCUT2D eigenvalue weighted by atomic mass is 10.1. The maximum absolute atomic E-state index is 12.4. The molecule has 0 saturated carbocycles. The molecule has 1 atom stereocenters. The summed E-state index contributed by atoms with van der Waals surface area (Å²) in [5, 5.41) is 6.89. The number of benzene rings is 1. The van der Waals surface area contributed by atoms with E-state index in [4.69, 9.17) is 9.90 Å². The fourth-order valence-electron chi connectivity index (χ4n) is 4.08. The number of aryl methyl sites for hydroxylation is 1. The summed E-state index contributed by atoms with van der Waals surface area (Å²) in [6.45, 7) is 5.58. The SMILES string of the molecule is Cc1cccc2nc(CN(C)CC3CCN(c4ccccc4)C3)cc(=O)n12.O=CO. The summed E-state index contributed by atoms with van der Waals surface area (Å²) >= 11 is 0. The monoisotopic (exact) mass is 408 g/mol. The summed E-state index contributed by atoms with van der Waals surface area (Å²) < 4.78 is 1.66. The topological polar surface area (TPSA) is 78.2 Å². The number of hydrogen-bond acceptors (Lipinski definition) is 5. The third-order valence-corrected chi connectivity index (χ3v) is 5.34. The van der Waals surface area contributed by atoms with Gasteiger partial charge in [0.25, 0.3) is 12.0 Å². The molecule has 0 bridgehead atoms. The molecule has 4 rings (SSSR count). The molecule has 3 aromatic rings. The average Bonchev–Trinajstić information content (AvgIpc) is 3.17. The number of carboxylic acid groups (broad SMARTS) is 1. The van der Waals surface area contributed by atoms with Crippen molar-refractivity contribution in [2.24, 2.45) is 5.92 Å². The van der Waals surface area contributed by atoms with Crippen LogP contribution in [0.1, 0.15) is 17.8 Å². The Hall–Kier alpha value is -3.19. The number of rotatable bonds is 5. The highest BCUT2D eigenvalue weighted by Gasteiger charge is 2.23. The minimum atomic E-state index is -0.250. The fourth-order valence-corrected chi connectivity index (χ4v) is 4.08. The van der Waals surface area contributed by atoms with Crippen LogP contribution >= 0.6 is 0 Å². The van der Waals surface area contributed by atoms with Crippen LogP contribution in [0.5, 0.6) is 0 Å². The molecule has 1 aliphatic rings. The van der Waals surface area contributed by atoms with Crippen LogP contribution in [-0.4, -0.2) is 52.5 Å². The van der Waals surface area contributed by atoms with Gasteiger partial charge in [-0.15, -0.1) is 0 Å². The Bertz CT molecular complexity index is 1040. The zero-order valence-corrected chi connectivity index (χ0v) is 17.4. The van der Waals surface area contributed by atoms with Gasteiger partial charge in [-0.2, -0.15) is 0 Å². The van der Waals surface area contributed by atoms with Crippen molar-refractivity contribution in [3.63, 3.8) is 0 Å². The Morgan fingerprint density at radius 1 is 1.20 bits per heavy atom. The minimum Gasteiger partial charge on any atom is -0.483 e. The highest BCUT2D eigenvalue weighted by atomic mass is 16.3. The molecule has 7 heteroatoms. The molecule has 3 heterocycles. The van der Waals surface area contributed by atoms with E-state index in [1.165, 1.54) is 12.1 Å². The first kappa shape index (κ1) is 21.5. The molecule has 158 valence electrons. The molecule has 0 aliphatic carbocycles. The van der Waals surface area contributed by atoms with E-state index in [2.05, 4.69) is 52.2 Å². The molecule has 1 aromatic carbocycles. The summed E-state index contributed by atoms with van der Waals surface area (Å²) in [6.07, 6.45) is 1.20. The number of anilines is 1. The van der Waals surface area contributed by atoms with E-state index < -0.39 is 0 Å². The number of aromatic nitrogens is 2. The van der Waals surface area contributed by atoms with Gasteiger partial charge in [0.1, 0.15) is 5.65 Å². The van der Waals surface area contributed by atoms with Crippen molar-refractivity contribution in [3.05, 3.63) is 76.3 Å². The molecule has 1 saturated heterocycles. The average molecular weight is 409 g/mol. The zero-order valence-electron chi connectivity index (χ0n) is 17.4. The van der Waals surface area contributed by atoms with Crippen LogP contribution in [0.2, 0.25) is 0 Å². The van der Waals surface area contributed by atoms with E-state index in [9.17, 15) is 4.79 Å². The second kappa shape index (κ2) is 10.0. The molecular weight excluding hydrogens is 380 g/mol. The van der Waals surface area contributed by atoms with Crippen molar-refractivity contribution in [1.29, 1.82) is 0 Å². The largest absolute Gasteiger partial charge is 0.483 e. The number of fused-ring (bicyclic) bond motifs is 1. The highest BCUT2D eigenvalue weighted by molar-refractivity contribution is 5.47. The summed E-state index contributed by atoms with van der Waals surface area (Å²) in [5.41, 5.74) is 3.78. The molecule has 1 aliphatic heterocycles. The second-order valence-corrected chi connectivity index (χ2v) is 7.68. The molecule has 1 fully saturated rings. The van der Waals surface area contributed by atoms with Crippen molar-refractivity contribution in [2.45, 2.75) is 19.9 Å². The van der Waals surface area contributed by atoms with Crippen LogP contribution in [0.4, 0.5) is 5.69 Å². The van der Waals surface area contributed by atoms with Crippen LogP contribution in [-0.2, 0) is 11.3 Å². The number of nitrogens with zero attached hydrogens (tertiary/aromatic N) is 4. The van der Waals surface area contributed by atoms with Gasteiger partial charge in [0.15, 0.2) is 0 Å².